The second kappa shape index (κ2) is 8.76. The molecule has 5 heteroatoms. The van der Waals surface area contributed by atoms with Gasteiger partial charge >= 0.3 is 0 Å². The molecule has 1 saturated heterocycles. The Labute approximate surface area is 167 Å². The molecule has 0 aromatic heterocycles. The third-order valence-electron chi connectivity index (χ3n) is 5.76. The number of nitrogens with zero attached hydrogens (tertiary/aromatic N) is 2. The molecule has 1 N–H and O–H groups in total. The van der Waals surface area contributed by atoms with Crippen LogP contribution in [0, 0.1) is 0 Å². The van der Waals surface area contributed by atoms with Crippen LogP contribution in [0.2, 0.25) is 0 Å². The summed E-state index contributed by atoms with van der Waals surface area (Å²) in [5, 5.41) is 3.27. The standard InChI is InChI=1S/C23H29N3O2/c1-18(23(20-8-3-2-4-9-20)25-13-15-28-16-14-25)24-22(27)17-26-12-11-19-7-5-6-10-21(19)26/h2-10,18,23H,11-17H2,1H3,(H,24,27). The number of amides is 1. The van der Waals surface area contributed by atoms with Crippen molar-refractivity contribution in [3.05, 3.63) is 65.7 Å². The molecule has 2 heterocycles. The van der Waals surface area contributed by atoms with Crippen LogP contribution in [0.4, 0.5) is 5.69 Å². The van der Waals surface area contributed by atoms with E-state index in [0.29, 0.717) is 6.54 Å². The van der Waals surface area contributed by atoms with E-state index in [2.05, 4.69) is 64.5 Å². The van der Waals surface area contributed by atoms with Crippen molar-refractivity contribution < 1.29 is 9.53 Å². The average molecular weight is 380 g/mol. The van der Waals surface area contributed by atoms with Crippen molar-refractivity contribution in [3.8, 4) is 0 Å². The van der Waals surface area contributed by atoms with Crippen LogP contribution in [0.1, 0.15) is 24.1 Å². The van der Waals surface area contributed by atoms with E-state index in [1.165, 1.54) is 16.8 Å². The fourth-order valence-corrected chi connectivity index (χ4v) is 4.44. The molecule has 0 saturated carbocycles. The normalized spacial score (nSPS) is 19.1. The molecule has 2 aliphatic rings. The van der Waals surface area contributed by atoms with E-state index in [-0.39, 0.29) is 18.0 Å². The molecule has 1 amide bonds. The van der Waals surface area contributed by atoms with Gasteiger partial charge in [0.2, 0.25) is 5.91 Å². The van der Waals surface area contributed by atoms with Crippen LogP contribution in [-0.2, 0) is 16.0 Å². The van der Waals surface area contributed by atoms with Crippen LogP contribution < -0.4 is 10.2 Å². The fourth-order valence-electron chi connectivity index (χ4n) is 4.44. The molecule has 2 aromatic rings. The van der Waals surface area contributed by atoms with Crippen molar-refractivity contribution in [2.45, 2.75) is 25.4 Å². The van der Waals surface area contributed by atoms with Gasteiger partial charge in [-0.15, -0.1) is 0 Å². The molecule has 0 radical (unpaired) electrons. The van der Waals surface area contributed by atoms with Crippen LogP contribution in [0.3, 0.4) is 0 Å². The summed E-state index contributed by atoms with van der Waals surface area (Å²) in [7, 11) is 0. The van der Waals surface area contributed by atoms with Crippen molar-refractivity contribution >= 4 is 11.6 Å². The molecular formula is C23H29N3O2. The van der Waals surface area contributed by atoms with Gasteiger partial charge < -0.3 is 15.0 Å². The minimum atomic E-state index is 0.0193. The Kier molecular flexibility index (Phi) is 5.93. The maximum absolute atomic E-state index is 12.8. The minimum Gasteiger partial charge on any atom is -0.379 e. The number of rotatable bonds is 6. The summed E-state index contributed by atoms with van der Waals surface area (Å²) in [6.45, 7) is 6.70. The smallest absolute Gasteiger partial charge is 0.239 e. The SMILES string of the molecule is CC(NC(=O)CN1CCc2ccccc21)C(c1ccccc1)N1CCOCC1. The van der Waals surface area contributed by atoms with E-state index < -0.39 is 0 Å². The Bertz CT molecular complexity index is 789. The molecule has 2 atom stereocenters. The third-order valence-corrected chi connectivity index (χ3v) is 5.76. The number of anilines is 1. The van der Waals surface area contributed by atoms with Gasteiger partial charge in [-0.1, -0.05) is 48.5 Å². The molecule has 0 aliphatic carbocycles. The quantitative estimate of drug-likeness (QED) is 0.838. The lowest BCUT2D eigenvalue weighted by Crippen LogP contribution is -2.50. The number of hydrogen-bond acceptors (Lipinski definition) is 4. The lowest BCUT2D eigenvalue weighted by atomic mass is 9.98. The number of carbonyl (C=O) groups excluding carboxylic acids is 1. The zero-order valence-electron chi connectivity index (χ0n) is 16.5. The van der Waals surface area contributed by atoms with Crippen LogP contribution in [-0.4, -0.2) is 56.2 Å². The van der Waals surface area contributed by atoms with E-state index in [9.17, 15) is 4.79 Å². The van der Waals surface area contributed by atoms with E-state index in [1.807, 2.05) is 12.1 Å². The Morgan fingerprint density at radius 1 is 1.04 bits per heavy atom. The van der Waals surface area contributed by atoms with Gasteiger partial charge in [0.15, 0.2) is 0 Å². The van der Waals surface area contributed by atoms with Gasteiger partial charge in [-0.25, -0.2) is 0 Å². The molecule has 148 valence electrons. The summed E-state index contributed by atoms with van der Waals surface area (Å²) < 4.78 is 5.53. The monoisotopic (exact) mass is 379 g/mol. The molecule has 4 rings (SSSR count). The summed E-state index contributed by atoms with van der Waals surface area (Å²) in [4.78, 5) is 17.5. The number of para-hydroxylation sites is 1. The van der Waals surface area contributed by atoms with Crippen LogP contribution in [0.5, 0.6) is 0 Å². The molecule has 2 unspecified atom stereocenters. The van der Waals surface area contributed by atoms with Gasteiger partial charge in [0.25, 0.3) is 0 Å². The Morgan fingerprint density at radius 3 is 2.54 bits per heavy atom. The van der Waals surface area contributed by atoms with Gasteiger partial charge in [0, 0.05) is 31.4 Å². The second-order valence-corrected chi connectivity index (χ2v) is 7.66. The summed E-state index contributed by atoms with van der Waals surface area (Å²) in [5.41, 5.74) is 3.76. The van der Waals surface area contributed by atoms with Crippen LogP contribution in [0.15, 0.2) is 54.6 Å². The molecule has 5 nitrogen and oxygen atoms in total. The van der Waals surface area contributed by atoms with Crippen LogP contribution in [0.25, 0.3) is 0 Å². The van der Waals surface area contributed by atoms with Crippen molar-refractivity contribution in [3.63, 3.8) is 0 Å². The first kappa shape index (κ1) is 19.0. The highest BCUT2D eigenvalue weighted by Crippen LogP contribution is 2.28. The minimum absolute atomic E-state index is 0.0193. The number of fused-ring (bicyclic) bond motifs is 1. The Hall–Kier alpha value is -2.37. The first-order valence-electron chi connectivity index (χ1n) is 10.2. The van der Waals surface area contributed by atoms with Crippen molar-refractivity contribution in [2.24, 2.45) is 0 Å². The highest BCUT2D eigenvalue weighted by Gasteiger charge is 2.29. The largest absolute Gasteiger partial charge is 0.379 e. The predicted molar refractivity (Wildman–Crippen MR) is 112 cm³/mol. The van der Waals surface area contributed by atoms with Gasteiger partial charge in [0.1, 0.15) is 0 Å². The van der Waals surface area contributed by atoms with Crippen LogP contribution >= 0.6 is 0 Å². The first-order chi connectivity index (χ1) is 13.7. The van der Waals surface area contributed by atoms with E-state index in [1.54, 1.807) is 0 Å². The molecule has 28 heavy (non-hydrogen) atoms. The van der Waals surface area contributed by atoms with Gasteiger partial charge in [-0.05, 0) is 30.5 Å². The summed E-state index contributed by atoms with van der Waals surface area (Å²) >= 11 is 0. The van der Waals surface area contributed by atoms with Gasteiger partial charge in [0.05, 0.1) is 25.8 Å². The maximum atomic E-state index is 12.8. The number of carbonyl (C=O) groups is 1. The topological polar surface area (TPSA) is 44.8 Å². The van der Waals surface area contributed by atoms with Gasteiger partial charge in [-0.2, -0.15) is 0 Å². The first-order valence-corrected chi connectivity index (χ1v) is 10.2. The second-order valence-electron chi connectivity index (χ2n) is 7.66. The number of hydrogen-bond donors (Lipinski definition) is 1. The molecule has 0 bridgehead atoms. The van der Waals surface area contributed by atoms with Crippen molar-refractivity contribution in [1.29, 1.82) is 0 Å². The summed E-state index contributed by atoms with van der Waals surface area (Å²) in [6, 6.07) is 19.0. The number of nitrogens with one attached hydrogen (secondary N) is 1. The zero-order valence-corrected chi connectivity index (χ0v) is 16.5. The zero-order chi connectivity index (χ0) is 19.3. The lowest BCUT2D eigenvalue weighted by Gasteiger charge is -2.38. The fraction of sp³-hybridized carbons (Fsp3) is 0.435. The van der Waals surface area contributed by atoms with E-state index >= 15 is 0 Å². The van der Waals surface area contributed by atoms with E-state index in [0.717, 1.165) is 39.3 Å². The highest BCUT2D eigenvalue weighted by atomic mass is 16.5. The lowest BCUT2D eigenvalue weighted by molar-refractivity contribution is -0.121. The molecular weight excluding hydrogens is 350 g/mol. The number of benzene rings is 2. The molecule has 0 spiro atoms. The number of morpholine rings is 1. The molecule has 2 aliphatic heterocycles. The van der Waals surface area contributed by atoms with Crippen molar-refractivity contribution in [1.82, 2.24) is 10.2 Å². The maximum Gasteiger partial charge on any atom is 0.239 e. The van der Waals surface area contributed by atoms with E-state index in [4.69, 9.17) is 4.74 Å². The van der Waals surface area contributed by atoms with Crippen molar-refractivity contribution in [2.75, 3.05) is 44.3 Å². The summed E-state index contributed by atoms with van der Waals surface area (Å²) in [5.74, 6) is 0.0818. The number of ether oxygens (including phenoxy) is 1. The Balaban J connectivity index is 1.44. The third kappa shape index (κ3) is 4.21. The predicted octanol–water partition coefficient (Wildman–Crippen LogP) is 2.63. The molecule has 2 aromatic carbocycles. The average Bonchev–Trinajstić information content (AvgIpc) is 3.12. The Morgan fingerprint density at radius 2 is 1.75 bits per heavy atom. The molecule has 1 fully saturated rings. The van der Waals surface area contributed by atoms with Gasteiger partial charge in [-0.3, -0.25) is 9.69 Å². The highest BCUT2D eigenvalue weighted by molar-refractivity contribution is 5.82. The summed E-state index contributed by atoms with van der Waals surface area (Å²) in [6.07, 6.45) is 1.01.